The molecule has 182 valence electrons. The minimum absolute atomic E-state index is 0.0267. The van der Waals surface area contributed by atoms with E-state index in [2.05, 4.69) is 6.58 Å². The van der Waals surface area contributed by atoms with Crippen molar-refractivity contribution >= 4 is 38.3 Å². The molecule has 3 heterocycles. The van der Waals surface area contributed by atoms with Gasteiger partial charge in [-0.15, -0.1) is 0 Å². The molecule has 5 rings (SSSR count). The maximum atomic E-state index is 13.7. The lowest BCUT2D eigenvalue weighted by molar-refractivity contribution is 0.0662. The zero-order valence-corrected chi connectivity index (χ0v) is 20.4. The summed E-state index contributed by atoms with van der Waals surface area (Å²) >= 11 is 6.12. The van der Waals surface area contributed by atoms with Gasteiger partial charge in [-0.25, -0.2) is 8.42 Å². The van der Waals surface area contributed by atoms with Crippen LogP contribution in [0.25, 0.3) is 11.0 Å². The number of carbonyl (C=O) groups excluding carboxylic acids is 1. The third-order valence-electron chi connectivity index (χ3n) is 6.33. The quantitative estimate of drug-likeness (QED) is 0.460. The first-order valence-electron chi connectivity index (χ1n) is 10.9. The van der Waals surface area contributed by atoms with Crippen LogP contribution in [0.1, 0.15) is 34.1 Å². The molecule has 2 unspecified atom stereocenters. The van der Waals surface area contributed by atoms with Gasteiger partial charge in [0.25, 0.3) is 5.91 Å². The number of hydrogen-bond donors (Lipinski definition) is 0. The average molecular weight is 516 g/mol. The van der Waals surface area contributed by atoms with E-state index < -0.39 is 33.3 Å². The van der Waals surface area contributed by atoms with E-state index in [1.54, 1.807) is 36.4 Å². The van der Waals surface area contributed by atoms with Crippen molar-refractivity contribution in [3.63, 3.8) is 0 Å². The van der Waals surface area contributed by atoms with Gasteiger partial charge < -0.3 is 18.8 Å². The van der Waals surface area contributed by atoms with Gasteiger partial charge in [-0.1, -0.05) is 30.3 Å². The Morgan fingerprint density at radius 3 is 2.69 bits per heavy atom. The molecule has 0 N–H and O–H groups in total. The van der Waals surface area contributed by atoms with Gasteiger partial charge in [0.1, 0.15) is 12.2 Å². The number of hydrogen-bond acceptors (Lipinski definition) is 7. The van der Waals surface area contributed by atoms with E-state index in [4.69, 9.17) is 25.5 Å². The van der Waals surface area contributed by atoms with Crippen LogP contribution in [0, 0.1) is 0 Å². The lowest BCUT2D eigenvalue weighted by Crippen LogP contribution is -2.40. The molecule has 0 aliphatic carbocycles. The van der Waals surface area contributed by atoms with Crippen LogP contribution in [-0.2, 0) is 9.84 Å². The summed E-state index contributed by atoms with van der Waals surface area (Å²) in [5.74, 6) is 0.0456. The summed E-state index contributed by atoms with van der Waals surface area (Å²) in [7, 11) is -1.82. The highest BCUT2D eigenvalue weighted by molar-refractivity contribution is 7.91. The fraction of sp³-hybridized carbons (Fsp3) is 0.280. The van der Waals surface area contributed by atoms with Gasteiger partial charge in [0.2, 0.25) is 5.76 Å². The molecule has 8 nitrogen and oxygen atoms in total. The molecule has 2 aliphatic heterocycles. The van der Waals surface area contributed by atoms with E-state index in [-0.39, 0.29) is 46.8 Å². The molecule has 0 saturated carbocycles. The fourth-order valence-electron chi connectivity index (χ4n) is 4.78. The number of amides is 1. The van der Waals surface area contributed by atoms with Crippen LogP contribution in [-0.4, -0.2) is 50.5 Å². The highest BCUT2D eigenvalue weighted by atomic mass is 35.5. The van der Waals surface area contributed by atoms with Gasteiger partial charge in [-0.3, -0.25) is 9.59 Å². The monoisotopic (exact) mass is 515 g/mol. The number of benzene rings is 2. The molecule has 0 bridgehead atoms. The van der Waals surface area contributed by atoms with E-state index in [1.165, 1.54) is 18.1 Å². The van der Waals surface area contributed by atoms with Crippen molar-refractivity contribution in [2.24, 2.45) is 0 Å². The summed E-state index contributed by atoms with van der Waals surface area (Å²) in [5.41, 5.74) is 0.557. The van der Waals surface area contributed by atoms with Crippen molar-refractivity contribution in [1.82, 2.24) is 4.90 Å². The summed E-state index contributed by atoms with van der Waals surface area (Å²) in [4.78, 5) is 28.7. The van der Waals surface area contributed by atoms with Crippen molar-refractivity contribution in [1.29, 1.82) is 0 Å². The lowest BCUT2D eigenvalue weighted by Gasteiger charge is -2.30. The van der Waals surface area contributed by atoms with Gasteiger partial charge in [0.05, 0.1) is 35.6 Å². The summed E-state index contributed by atoms with van der Waals surface area (Å²) < 4.78 is 41.6. The topological polar surface area (TPSA) is 103 Å². The van der Waals surface area contributed by atoms with Crippen LogP contribution in [0.2, 0.25) is 5.02 Å². The molecular weight excluding hydrogens is 494 g/mol. The largest absolute Gasteiger partial charge is 0.493 e. The second kappa shape index (κ2) is 8.73. The van der Waals surface area contributed by atoms with Gasteiger partial charge >= 0.3 is 0 Å². The number of sulfone groups is 1. The standard InChI is InChI=1S/C25H22ClNO7S/c1-3-9-33-19-6-4-14(11-20(19)32-2)22-21-23(28)17-12-15(26)5-7-18(17)34-24(21)25(29)27(22)16-8-10-35(30,31)13-16/h3-7,11-12,16,22H,1,8-10,13H2,2H3. The molecule has 2 aliphatic rings. The first-order valence-corrected chi connectivity index (χ1v) is 13.1. The normalized spacial score (nSPS) is 20.7. The minimum atomic E-state index is -3.31. The lowest BCUT2D eigenvalue weighted by atomic mass is 9.97. The fourth-order valence-corrected chi connectivity index (χ4v) is 6.67. The predicted molar refractivity (Wildman–Crippen MR) is 131 cm³/mol. The molecule has 2 aromatic carbocycles. The molecule has 3 aromatic rings. The molecule has 1 saturated heterocycles. The molecule has 2 atom stereocenters. The van der Waals surface area contributed by atoms with Gasteiger partial charge in [0.15, 0.2) is 26.8 Å². The molecular formula is C25H22ClNO7S. The number of ether oxygens (including phenoxy) is 2. The van der Waals surface area contributed by atoms with E-state index in [1.807, 2.05) is 0 Å². The summed E-state index contributed by atoms with van der Waals surface area (Å²) in [6.45, 7) is 3.90. The number of methoxy groups -OCH3 is 1. The Morgan fingerprint density at radius 2 is 2.00 bits per heavy atom. The van der Waals surface area contributed by atoms with Crippen LogP contribution in [0.4, 0.5) is 0 Å². The van der Waals surface area contributed by atoms with Crippen LogP contribution >= 0.6 is 11.6 Å². The van der Waals surface area contributed by atoms with E-state index in [9.17, 15) is 18.0 Å². The Morgan fingerprint density at radius 1 is 1.20 bits per heavy atom. The minimum Gasteiger partial charge on any atom is -0.493 e. The Hall–Kier alpha value is -3.30. The van der Waals surface area contributed by atoms with E-state index in [0.717, 1.165) is 0 Å². The van der Waals surface area contributed by atoms with Crippen LogP contribution < -0.4 is 14.9 Å². The third-order valence-corrected chi connectivity index (χ3v) is 8.32. The second-order valence-electron chi connectivity index (χ2n) is 8.50. The third kappa shape index (κ3) is 3.98. The SMILES string of the molecule is C=CCOc1ccc(C2c3c(oc4ccc(Cl)cc4c3=O)C(=O)N2C2CCS(=O)(=O)C2)cc1OC. The van der Waals surface area contributed by atoms with Crippen molar-refractivity contribution in [2.75, 3.05) is 25.2 Å². The van der Waals surface area contributed by atoms with Crippen LogP contribution in [0.5, 0.6) is 11.5 Å². The van der Waals surface area contributed by atoms with Gasteiger partial charge in [-0.2, -0.15) is 0 Å². The average Bonchev–Trinajstić information content (AvgIpc) is 3.34. The molecule has 1 fully saturated rings. The number of halogens is 1. The van der Waals surface area contributed by atoms with Gasteiger partial charge in [-0.05, 0) is 42.3 Å². The maximum absolute atomic E-state index is 13.7. The van der Waals surface area contributed by atoms with Crippen molar-refractivity contribution in [3.8, 4) is 11.5 Å². The second-order valence-corrected chi connectivity index (χ2v) is 11.2. The Labute approximate surface area is 206 Å². The number of fused-ring (bicyclic) bond motifs is 2. The number of nitrogens with zero attached hydrogens (tertiary/aromatic N) is 1. The molecule has 10 heteroatoms. The van der Waals surface area contributed by atoms with Gasteiger partial charge in [0, 0.05) is 11.1 Å². The highest BCUT2D eigenvalue weighted by Crippen LogP contribution is 2.43. The van der Waals surface area contributed by atoms with Crippen molar-refractivity contribution in [3.05, 3.63) is 81.2 Å². The molecule has 35 heavy (non-hydrogen) atoms. The molecule has 1 aromatic heterocycles. The zero-order valence-electron chi connectivity index (χ0n) is 18.8. The smallest absolute Gasteiger partial charge is 0.291 e. The van der Waals surface area contributed by atoms with Crippen LogP contribution in [0.3, 0.4) is 0 Å². The Balaban J connectivity index is 1.72. The van der Waals surface area contributed by atoms with Crippen LogP contribution in [0.15, 0.2) is 58.3 Å². The van der Waals surface area contributed by atoms with Crippen molar-refractivity contribution < 1.29 is 27.1 Å². The summed E-state index contributed by atoms with van der Waals surface area (Å²) in [5, 5.41) is 0.600. The Bertz CT molecular complexity index is 1530. The van der Waals surface area contributed by atoms with Crippen molar-refractivity contribution in [2.45, 2.75) is 18.5 Å². The van der Waals surface area contributed by atoms with E-state index >= 15 is 0 Å². The van der Waals surface area contributed by atoms with E-state index in [0.29, 0.717) is 22.1 Å². The first kappa shape index (κ1) is 23.4. The zero-order chi connectivity index (χ0) is 24.9. The summed E-state index contributed by atoms with van der Waals surface area (Å²) in [6.07, 6.45) is 1.87. The first-order chi connectivity index (χ1) is 16.7. The summed E-state index contributed by atoms with van der Waals surface area (Å²) in [6, 6.07) is 8.24. The number of carbonyl (C=O) groups is 1. The molecule has 1 amide bonds. The predicted octanol–water partition coefficient (Wildman–Crippen LogP) is 3.75. The number of rotatable bonds is 6. The maximum Gasteiger partial charge on any atom is 0.291 e. The highest BCUT2D eigenvalue weighted by Gasteiger charge is 2.48. The molecule has 0 radical (unpaired) electrons. The molecule has 0 spiro atoms. The Kier molecular flexibility index (Phi) is 5.85.